The first-order chi connectivity index (χ1) is 10.4. The number of aliphatic hydroxyl groups is 2. The molecule has 0 aromatic heterocycles. The summed E-state index contributed by atoms with van der Waals surface area (Å²) in [6.07, 6.45) is -6.02. The normalized spacial score (nSPS) is 31.4. The molecule has 5 atom stereocenters. The quantitative estimate of drug-likeness (QED) is 0.771. The summed E-state index contributed by atoms with van der Waals surface area (Å²) in [5, 5.41) is 20.1. The molecule has 0 bridgehead atoms. The first-order valence-corrected chi connectivity index (χ1v) is 6.85. The lowest BCUT2D eigenvalue weighted by atomic mass is 9.99. The third-order valence-corrected chi connectivity index (χ3v) is 3.33. The van der Waals surface area contributed by atoms with E-state index in [0.717, 1.165) is 0 Å². The van der Waals surface area contributed by atoms with Crippen LogP contribution in [0.25, 0.3) is 0 Å². The topological polar surface area (TPSA) is 102 Å². The van der Waals surface area contributed by atoms with Gasteiger partial charge in [-0.2, -0.15) is 0 Å². The number of carbonyl (C=O) groups is 2. The molecule has 0 radical (unpaired) electrons. The van der Waals surface area contributed by atoms with Gasteiger partial charge in [0.2, 0.25) is 0 Å². The predicted octanol–water partition coefficient (Wildman–Crippen LogP) is 0.242. The highest BCUT2D eigenvalue weighted by molar-refractivity contribution is 5.89. The summed E-state index contributed by atoms with van der Waals surface area (Å²) in [4.78, 5) is 23.1. The average molecular weight is 310 g/mol. The lowest BCUT2D eigenvalue weighted by Crippen LogP contribution is -2.59. The third-order valence-electron chi connectivity index (χ3n) is 3.33. The van der Waals surface area contributed by atoms with E-state index in [0.29, 0.717) is 0 Å². The molecule has 1 aromatic rings. The molecule has 0 amide bonds. The lowest BCUT2D eigenvalue weighted by molar-refractivity contribution is -0.280. The Morgan fingerprint density at radius 2 is 1.73 bits per heavy atom. The molecular weight excluding hydrogens is 292 g/mol. The second kappa shape index (κ2) is 6.87. The van der Waals surface area contributed by atoms with Gasteiger partial charge in [-0.1, -0.05) is 18.2 Å². The summed E-state index contributed by atoms with van der Waals surface area (Å²) in [5.74, 6) is -1.33. The summed E-state index contributed by atoms with van der Waals surface area (Å²) in [6, 6.07) is 8.13. The van der Waals surface area contributed by atoms with Crippen LogP contribution in [0.2, 0.25) is 0 Å². The van der Waals surface area contributed by atoms with Crippen molar-refractivity contribution in [1.29, 1.82) is 0 Å². The average Bonchev–Trinajstić information content (AvgIpc) is 2.48. The highest BCUT2D eigenvalue weighted by atomic mass is 16.7. The number of aliphatic hydroxyl groups excluding tert-OH is 2. The van der Waals surface area contributed by atoms with Gasteiger partial charge in [0.15, 0.2) is 18.5 Å². The van der Waals surface area contributed by atoms with Gasteiger partial charge < -0.3 is 24.4 Å². The number of esters is 2. The fourth-order valence-electron chi connectivity index (χ4n) is 2.26. The summed E-state index contributed by atoms with van der Waals surface area (Å²) in [6.45, 7) is 2.73. The van der Waals surface area contributed by atoms with Crippen molar-refractivity contribution >= 4 is 11.9 Å². The van der Waals surface area contributed by atoms with Crippen LogP contribution in [0.1, 0.15) is 24.2 Å². The molecule has 0 unspecified atom stereocenters. The molecule has 1 aliphatic heterocycles. The van der Waals surface area contributed by atoms with Gasteiger partial charge in [0.05, 0.1) is 11.7 Å². The van der Waals surface area contributed by atoms with E-state index in [-0.39, 0.29) is 5.56 Å². The Morgan fingerprint density at radius 1 is 1.09 bits per heavy atom. The van der Waals surface area contributed by atoms with Gasteiger partial charge in [-0.15, -0.1) is 0 Å². The second-order valence-electron chi connectivity index (χ2n) is 5.03. The minimum atomic E-state index is -1.51. The van der Waals surface area contributed by atoms with Crippen LogP contribution in [-0.2, 0) is 19.0 Å². The summed E-state index contributed by atoms with van der Waals surface area (Å²) in [7, 11) is 0. The van der Waals surface area contributed by atoms with E-state index in [1.165, 1.54) is 26.0 Å². The van der Waals surface area contributed by atoms with Crippen LogP contribution in [0.15, 0.2) is 30.3 Å². The number of hydrogen-bond donors (Lipinski definition) is 2. The zero-order chi connectivity index (χ0) is 16.3. The van der Waals surface area contributed by atoms with Crippen molar-refractivity contribution in [2.75, 3.05) is 0 Å². The Bertz CT molecular complexity index is 530. The van der Waals surface area contributed by atoms with Crippen LogP contribution in [0.3, 0.4) is 0 Å². The summed E-state index contributed by atoms with van der Waals surface area (Å²) in [5.41, 5.74) is 0.268. The fraction of sp³-hybridized carbons (Fsp3) is 0.467. The van der Waals surface area contributed by atoms with E-state index in [4.69, 9.17) is 14.2 Å². The number of rotatable bonds is 3. The van der Waals surface area contributed by atoms with Crippen molar-refractivity contribution < 1.29 is 34.0 Å². The molecule has 22 heavy (non-hydrogen) atoms. The van der Waals surface area contributed by atoms with Crippen LogP contribution >= 0.6 is 0 Å². The standard InChI is InChI=1S/C15H18O7/c1-8-12(21-9(2)16)11(17)13(15(19)20-8)22-14(18)10-6-4-3-5-7-10/h3-8,11-13,15,17,19H,1-2H3/t8-,11+,12+,13-,15-/m0/s1. The number of hydrogen-bond acceptors (Lipinski definition) is 7. The minimum Gasteiger partial charge on any atom is -0.457 e. The number of ether oxygens (including phenoxy) is 3. The van der Waals surface area contributed by atoms with Crippen molar-refractivity contribution in [2.24, 2.45) is 0 Å². The molecule has 120 valence electrons. The van der Waals surface area contributed by atoms with Crippen LogP contribution in [-0.4, -0.2) is 52.9 Å². The number of benzene rings is 1. The maximum Gasteiger partial charge on any atom is 0.338 e. The summed E-state index contributed by atoms with van der Waals surface area (Å²) >= 11 is 0. The van der Waals surface area contributed by atoms with Crippen molar-refractivity contribution in [1.82, 2.24) is 0 Å². The van der Waals surface area contributed by atoms with Crippen LogP contribution < -0.4 is 0 Å². The molecule has 1 saturated heterocycles. The van der Waals surface area contributed by atoms with Crippen molar-refractivity contribution in [2.45, 2.75) is 44.6 Å². The Balaban J connectivity index is 2.11. The molecule has 1 aromatic carbocycles. The summed E-state index contributed by atoms with van der Waals surface area (Å²) < 4.78 is 15.2. The Kier molecular flexibility index (Phi) is 5.12. The molecule has 1 fully saturated rings. The molecule has 7 heteroatoms. The maximum absolute atomic E-state index is 12.0. The molecule has 2 N–H and O–H groups in total. The van der Waals surface area contributed by atoms with Gasteiger partial charge in [-0.3, -0.25) is 4.79 Å². The molecule has 0 saturated carbocycles. The third kappa shape index (κ3) is 3.62. The van der Waals surface area contributed by atoms with Gasteiger partial charge in [-0.05, 0) is 19.1 Å². The van der Waals surface area contributed by atoms with Crippen molar-refractivity contribution in [3.05, 3.63) is 35.9 Å². The van der Waals surface area contributed by atoms with Gasteiger partial charge in [-0.25, -0.2) is 4.79 Å². The molecule has 2 rings (SSSR count). The Labute approximate surface area is 127 Å². The van der Waals surface area contributed by atoms with E-state index < -0.39 is 42.6 Å². The lowest BCUT2D eigenvalue weighted by Gasteiger charge is -2.40. The molecule has 1 aliphatic rings. The second-order valence-corrected chi connectivity index (χ2v) is 5.03. The molecule has 7 nitrogen and oxygen atoms in total. The van der Waals surface area contributed by atoms with E-state index in [2.05, 4.69) is 0 Å². The Hall–Kier alpha value is -1.96. The van der Waals surface area contributed by atoms with Crippen LogP contribution in [0.4, 0.5) is 0 Å². The molecule has 1 heterocycles. The van der Waals surface area contributed by atoms with E-state index in [1.54, 1.807) is 18.2 Å². The van der Waals surface area contributed by atoms with Crippen LogP contribution in [0, 0.1) is 0 Å². The van der Waals surface area contributed by atoms with Crippen molar-refractivity contribution in [3.63, 3.8) is 0 Å². The van der Waals surface area contributed by atoms with Crippen LogP contribution in [0.5, 0.6) is 0 Å². The SMILES string of the molecule is CC(=O)O[C@H]1[C@@H](O)[C@H](OC(=O)c2ccccc2)[C@@H](O)O[C@H]1C. The first kappa shape index (κ1) is 16.4. The van der Waals surface area contributed by atoms with Gasteiger partial charge in [0, 0.05) is 6.92 Å². The highest BCUT2D eigenvalue weighted by Crippen LogP contribution is 2.25. The van der Waals surface area contributed by atoms with E-state index in [1.807, 2.05) is 0 Å². The Morgan fingerprint density at radius 3 is 2.32 bits per heavy atom. The zero-order valence-electron chi connectivity index (χ0n) is 12.2. The monoisotopic (exact) mass is 310 g/mol. The molecule has 0 spiro atoms. The predicted molar refractivity (Wildman–Crippen MR) is 73.8 cm³/mol. The molecule has 0 aliphatic carbocycles. The number of carbonyl (C=O) groups excluding carboxylic acids is 2. The van der Waals surface area contributed by atoms with Gasteiger partial charge >= 0.3 is 11.9 Å². The first-order valence-electron chi connectivity index (χ1n) is 6.85. The molecular formula is C15H18O7. The minimum absolute atomic E-state index is 0.268. The van der Waals surface area contributed by atoms with E-state index in [9.17, 15) is 19.8 Å². The smallest absolute Gasteiger partial charge is 0.338 e. The van der Waals surface area contributed by atoms with Crippen molar-refractivity contribution in [3.8, 4) is 0 Å². The van der Waals surface area contributed by atoms with Gasteiger partial charge in [0.25, 0.3) is 0 Å². The zero-order valence-corrected chi connectivity index (χ0v) is 12.2. The van der Waals surface area contributed by atoms with E-state index >= 15 is 0 Å². The maximum atomic E-state index is 12.0. The van der Waals surface area contributed by atoms with Gasteiger partial charge in [0.1, 0.15) is 6.10 Å². The highest BCUT2D eigenvalue weighted by Gasteiger charge is 2.47. The fourth-order valence-corrected chi connectivity index (χ4v) is 2.26. The largest absolute Gasteiger partial charge is 0.457 e.